The highest BCUT2D eigenvalue weighted by Crippen LogP contribution is 2.40. The summed E-state index contributed by atoms with van der Waals surface area (Å²) in [4.78, 5) is 24.8. The maximum Gasteiger partial charge on any atom is 0.249 e. The van der Waals surface area contributed by atoms with E-state index in [9.17, 15) is 14.7 Å². The predicted molar refractivity (Wildman–Crippen MR) is 147 cm³/mol. The minimum absolute atomic E-state index is 0.208. The maximum atomic E-state index is 12.4. The van der Waals surface area contributed by atoms with Crippen LogP contribution in [0.3, 0.4) is 0 Å². The van der Waals surface area contributed by atoms with Crippen LogP contribution < -0.4 is 15.4 Å². The van der Waals surface area contributed by atoms with Gasteiger partial charge < -0.3 is 20.5 Å². The quantitative estimate of drug-likeness (QED) is 0.291. The van der Waals surface area contributed by atoms with Crippen molar-refractivity contribution in [2.45, 2.75) is 59.9 Å². The minimum atomic E-state index is -1.07. The normalized spacial score (nSPS) is 17.4. The van der Waals surface area contributed by atoms with Gasteiger partial charge in [-0.15, -0.1) is 0 Å². The van der Waals surface area contributed by atoms with Gasteiger partial charge in [-0.2, -0.15) is 0 Å². The van der Waals surface area contributed by atoms with Crippen LogP contribution in [0.25, 0.3) is 0 Å². The maximum absolute atomic E-state index is 12.4. The second-order valence-electron chi connectivity index (χ2n) is 9.88. The predicted octanol–water partition coefficient (Wildman–Crippen LogP) is 5.64. The molecule has 1 aromatic rings. The second-order valence-corrected chi connectivity index (χ2v) is 9.88. The van der Waals surface area contributed by atoms with Gasteiger partial charge in [0.1, 0.15) is 11.8 Å². The molecule has 194 valence electrons. The van der Waals surface area contributed by atoms with Gasteiger partial charge in [0.25, 0.3) is 0 Å². The van der Waals surface area contributed by atoms with Gasteiger partial charge in [0.15, 0.2) is 0 Å². The van der Waals surface area contributed by atoms with Gasteiger partial charge in [0.05, 0.1) is 13.7 Å². The SMILES string of the molecule is COc1ccc(NC(=O)C(CO)NC(=O)C=C(C)C=CC=C(C)C=CC2=C(C)CCCC2(C)C)cc1. The summed E-state index contributed by atoms with van der Waals surface area (Å²) in [5.41, 5.74) is 5.47. The Morgan fingerprint density at radius 3 is 2.44 bits per heavy atom. The summed E-state index contributed by atoms with van der Waals surface area (Å²) < 4.78 is 5.09. The molecule has 1 aliphatic carbocycles. The highest BCUT2D eigenvalue weighted by atomic mass is 16.5. The van der Waals surface area contributed by atoms with Crippen LogP contribution in [0.4, 0.5) is 5.69 Å². The number of amides is 2. The Morgan fingerprint density at radius 1 is 1.14 bits per heavy atom. The Morgan fingerprint density at radius 2 is 1.83 bits per heavy atom. The molecule has 0 saturated carbocycles. The van der Waals surface area contributed by atoms with E-state index in [0.29, 0.717) is 11.4 Å². The highest BCUT2D eigenvalue weighted by molar-refractivity contribution is 5.99. The average Bonchev–Trinajstić information content (AvgIpc) is 2.82. The topological polar surface area (TPSA) is 87.7 Å². The number of rotatable bonds is 10. The molecule has 0 aliphatic heterocycles. The number of nitrogens with one attached hydrogen (secondary N) is 2. The number of aliphatic hydroxyl groups is 1. The van der Waals surface area contributed by atoms with Crippen LogP contribution in [0.15, 0.2) is 83.0 Å². The summed E-state index contributed by atoms with van der Waals surface area (Å²) in [6, 6.07) is 5.71. The Hall–Kier alpha value is -3.38. The molecular weight excluding hydrogens is 452 g/mol. The van der Waals surface area contributed by atoms with Crippen LogP contribution in [-0.4, -0.2) is 36.7 Å². The fourth-order valence-corrected chi connectivity index (χ4v) is 4.20. The number of methoxy groups -OCH3 is 1. The van der Waals surface area contributed by atoms with Crippen molar-refractivity contribution >= 4 is 17.5 Å². The highest BCUT2D eigenvalue weighted by Gasteiger charge is 2.26. The zero-order valence-corrected chi connectivity index (χ0v) is 22.4. The molecular formula is C30H40N2O4. The van der Waals surface area contributed by atoms with Crippen LogP contribution in [0.2, 0.25) is 0 Å². The number of carbonyl (C=O) groups excluding carboxylic acids is 2. The third-order valence-corrected chi connectivity index (χ3v) is 6.31. The zero-order valence-electron chi connectivity index (χ0n) is 22.4. The molecule has 0 heterocycles. The van der Waals surface area contributed by atoms with Crippen molar-refractivity contribution in [1.29, 1.82) is 0 Å². The molecule has 0 aromatic heterocycles. The standard InChI is InChI=1S/C30H40N2O4/c1-21(12-17-26-23(3)11-8-18-30(26,4)5)9-7-10-22(2)19-28(34)32-27(20-33)29(35)31-24-13-15-25(36-6)16-14-24/h7,9-10,12-17,19,27,33H,8,11,18,20H2,1-6H3,(H,31,35)(H,32,34). The van der Waals surface area contributed by atoms with Crippen molar-refractivity contribution in [1.82, 2.24) is 5.32 Å². The number of allylic oxidation sites excluding steroid dienone is 9. The molecule has 0 bridgehead atoms. The number of aliphatic hydroxyl groups excluding tert-OH is 1. The van der Waals surface area contributed by atoms with E-state index in [1.54, 1.807) is 38.3 Å². The van der Waals surface area contributed by atoms with Crippen LogP contribution in [-0.2, 0) is 9.59 Å². The van der Waals surface area contributed by atoms with E-state index in [4.69, 9.17) is 4.74 Å². The summed E-state index contributed by atoms with van der Waals surface area (Å²) in [7, 11) is 1.56. The molecule has 36 heavy (non-hydrogen) atoms. The Bertz CT molecular complexity index is 1070. The average molecular weight is 493 g/mol. The summed E-state index contributed by atoms with van der Waals surface area (Å²) in [6.45, 7) is 10.2. The van der Waals surface area contributed by atoms with Gasteiger partial charge in [0, 0.05) is 11.8 Å². The summed E-state index contributed by atoms with van der Waals surface area (Å²) in [5, 5.41) is 14.8. The largest absolute Gasteiger partial charge is 0.497 e. The monoisotopic (exact) mass is 492 g/mol. The van der Waals surface area contributed by atoms with E-state index in [2.05, 4.69) is 43.6 Å². The number of ether oxygens (including phenoxy) is 1. The third-order valence-electron chi connectivity index (χ3n) is 6.31. The molecule has 1 aromatic carbocycles. The lowest BCUT2D eigenvalue weighted by atomic mass is 9.72. The number of hydrogen-bond acceptors (Lipinski definition) is 4. The number of hydrogen-bond donors (Lipinski definition) is 3. The molecule has 0 fully saturated rings. The first-order valence-electron chi connectivity index (χ1n) is 12.3. The second kappa shape index (κ2) is 13.6. The molecule has 1 unspecified atom stereocenters. The lowest BCUT2D eigenvalue weighted by Crippen LogP contribution is -2.45. The van der Waals surface area contributed by atoms with Gasteiger partial charge in [-0.05, 0) is 80.9 Å². The van der Waals surface area contributed by atoms with Crippen LogP contribution in [0.5, 0.6) is 5.75 Å². The van der Waals surface area contributed by atoms with E-state index in [1.165, 1.54) is 30.1 Å². The van der Waals surface area contributed by atoms with E-state index in [1.807, 2.05) is 25.2 Å². The van der Waals surface area contributed by atoms with Crippen molar-refractivity contribution in [2.75, 3.05) is 19.0 Å². The Balaban J connectivity index is 1.93. The molecule has 2 rings (SSSR count). The number of anilines is 1. The van der Waals surface area contributed by atoms with Gasteiger partial charge in [-0.3, -0.25) is 9.59 Å². The van der Waals surface area contributed by atoms with Crippen LogP contribution in [0, 0.1) is 5.41 Å². The van der Waals surface area contributed by atoms with Gasteiger partial charge >= 0.3 is 0 Å². The first kappa shape index (κ1) is 28.9. The minimum Gasteiger partial charge on any atom is -0.497 e. The molecule has 1 atom stereocenters. The molecule has 3 N–H and O–H groups in total. The molecule has 1 aliphatic rings. The molecule has 2 amide bonds. The Labute approximate surface area is 215 Å². The molecule has 6 nitrogen and oxygen atoms in total. The van der Waals surface area contributed by atoms with Crippen LogP contribution in [0.1, 0.15) is 53.9 Å². The van der Waals surface area contributed by atoms with E-state index < -0.39 is 24.5 Å². The first-order chi connectivity index (χ1) is 17.1. The van der Waals surface area contributed by atoms with Gasteiger partial charge in [0.2, 0.25) is 11.8 Å². The first-order valence-corrected chi connectivity index (χ1v) is 12.3. The van der Waals surface area contributed by atoms with Gasteiger partial charge in [-0.25, -0.2) is 0 Å². The van der Waals surface area contributed by atoms with Crippen molar-refractivity contribution in [3.8, 4) is 5.75 Å². The number of benzene rings is 1. The molecule has 0 radical (unpaired) electrons. The van der Waals surface area contributed by atoms with E-state index in [0.717, 1.165) is 17.6 Å². The van der Waals surface area contributed by atoms with Crippen LogP contribution >= 0.6 is 0 Å². The molecule has 6 heteroatoms. The van der Waals surface area contributed by atoms with E-state index in [-0.39, 0.29) is 5.41 Å². The zero-order chi connectivity index (χ0) is 26.7. The molecule has 0 saturated heterocycles. The van der Waals surface area contributed by atoms with Crippen molar-refractivity contribution in [3.05, 3.63) is 83.0 Å². The van der Waals surface area contributed by atoms with Crippen molar-refractivity contribution in [3.63, 3.8) is 0 Å². The van der Waals surface area contributed by atoms with Crippen molar-refractivity contribution in [2.24, 2.45) is 5.41 Å². The van der Waals surface area contributed by atoms with Gasteiger partial charge in [-0.1, -0.05) is 55.4 Å². The fraction of sp³-hybridized carbons (Fsp3) is 0.400. The third kappa shape index (κ3) is 9.00. The fourth-order valence-electron chi connectivity index (χ4n) is 4.20. The van der Waals surface area contributed by atoms with E-state index >= 15 is 0 Å². The lowest BCUT2D eigenvalue weighted by Gasteiger charge is -2.32. The Kier molecular flexibility index (Phi) is 10.9. The van der Waals surface area contributed by atoms with Crippen molar-refractivity contribution < 1.29 is 19.4 Å². The number of carbonyl (C=O) groups is 2. The summed E-state index contributed by atoms with van der Waals surface area (Å²) in [6.07, 6.45) is 15.1. The lowest BCUT2D eigenvalue weighted by molar-refractivity contribution is -0.124. The summed E-state index contributed by atoms with van der Waals surface area (Å²) in [5.74, 6) is -0.298. The summed E-state index contributed by atoms with van der Waals surface area (Å²) >= 11 is 0. The smallest absolute Gasteiger partial charge is 0.249 e. The molecule has 0 spiro atoms.